The predicted octanol–water partition coefficient (Wildman–Crippen LogP) is 4.86. The largest absolute Gasteiger partial charge is 0.490 e. The standard InChI is InChI=1S/C19H28O3/c1-17-14-12-10-8-6-4-3-5-7-9-11-13-15-22-19(20)18(16-17)21-2/h5,7,9,11,14,16H,3-4,6,8,10,12-13,15H2,1-2H3/b7-5+,11-9-,17-14+,18-16-. The van der Waals surface area contributed by atoms with Crippen LogP contribution in [-0.4, -0.2) is 19.7 Å². The molecule has 0 amide bonds. The van der Waals surface area contributed by atoms with Gasteiger partial charge >= 0.3 is 5.97 Å². The van der Waals surface area contributed by atoms with E-state index in [1.54, 1.807) is 6.08 Å². The molecule has 0 saturated carbocycles. The fourth-order valence-electron chi connectivity index (χ4n) is 2.20. The number of methoxy groups -OCH3 is 1. The third-order valence-corrected chi connectivity index (χ3v) is 3.47. The van der Waals surface area contributed by atoms with Crippen LogP contribution in [0.3, 0.4) is 0 Å². The Morgan fingerprint density at radius 1 is 1.00 bits per heavy atom. The quantitative estimate of drug-likeness (QED) is 0.649. The molecule has 0 saturated heterocycles. The number of allylic oxidation sites excluding steroid dienone is 6. The predicted molar refractivity (Wildman–Crippen MR) is 90.4 cm³/mol. The molecule has 0 fully saturated rings. The Morgan fingerprint density at radius 3 is 2.41 bits per heavy atom. The Labute approximate surface area is 134 Å². The van der Waals surface area contributed by atoms with E-state index < -0.39 is 5.97 Å². The van der Waals surface area contributed by atoms with Crippen LogP contribution in [0.5, 0.6) is 0 Å². The molecule has 0 aromatic carbocycles. The number of carbonyl (C=O) groups excluding carboxylic acids is 1. The summed E-state index contributed by atoms with van der Waals surface area (Å²) in [5.74, 6) is -0.140. The molecule has 0 spiro atoms. The zero-order valence-corrected chi connectivity index (χ0v) is 13.8. The lowest BCUT2D eigenvalue weighted by molar-refractivity contribution is -0.142. The summed E-state index contributed by atoms with van der Waals surface area (Å²) in [6, 6.07) is 0. The van der Waals surface area contributed by atoms with Gasteiger partial charge in [0.15, 0.2) is 0 Å². The molecule has 0 radical (unpaired) electrons. The molecule has 0 aromatic rings. The summed E-state index contributed by atoms with van der Waals surface area (Å²) in [5.41, 5.74) is 1.04. The highest BCUT2D eigenvalue weighted by molar-refractivity contribution is 5.86. The average Bonchev–Trinajstić information content (AvgIpc) is 2.51. The lowest BCUT2D eigenvalue weighted by Gasteiger charge is -2.06. The van der Waals surface area contributed by atoms with Crippen molar-refractivity contribution in [2.24, 2.45) is 0 Å². The maximum absolute atomic E-state index is 11.9. The molecule has 1 aliphatic heterocycles. The molecule has 0 unspecified atom stereocenters. The zero-order valence-electron chi connectivity index (χ0n) is 13.8. The monoisotopic (exact) mass is 304 g/mol. The Hall–Kier alpha value is -1.77. The fourth-order valence-corrected chi connectivity index (χ4v) is 2.20. The maximum atomic E-state index is 11.9. The molecule has 1 rings (SSSR count). The van der Waals surface area contributed by atoms with Crippen molar-refractivity contribution < 1.29 is 14.3 Å². The van der Waals surface area contributed by atoms with Crippen LogP contribution in [0.1, 0.15) is 51.9 Å². The van der Waals surface area contributed by atoms with Crippen LogP contribution in [0, 0.1) is 0 Å². The van der Waals surface area contributed by atoms with E-state index in [0.29, 0.717) is 13.0 Å². The fraction of sp³-hybridized carbons (Fsp3) is 0.526. The third kappa shape index (κ3) is 8.50. The molecule has 0 bridgehead atoms. The summed E-state index contributed by atoms with van der Waals surface area (Å²) in [7, 11) is 1.50. The molecule has 122 valence electrons. The van der Waals surface area contributed by atoms with E-state index in [9.17, 15) is 4.79 Å². The van der Waals surface area contributed by atoms with Gasteiger partial charge < -0.3 is 9.47 Å². The first kappa shape index (κ1) is 18.3. The minimum atomic E-state index is -0.402. The molecule has 0 aliphatic carbocycles. The molecule has 22 heavy (non-hydrogen) atoms. The van der Waals surface area contributed by atoms with Crippen LogP contribution in [0.15, 0.2) is 47.8 Å². The van der Waals surface area contributed by atoms with Crippen molar-refractivity contribution in [3.63, 3.8) is 0 Å². The summed E-state index contributed by atoms with van der Waals surface area (Å²) in [4.78, 5) is 11.9. The third-order valence-electron chi connectivity index (χ3n) is 3.47. The normalized spacial score (nSPS) is 27.1. The summed E-state index contributed by atoms with van der Waals surface area (Å²) >= 11 is 0. The molecule has 0 N–H and O–H groups in total. The molecule has 1 heterocycles. The van der Waals surface area contributed by atoms with Gasteiger partial charge in [0.05, 0.1) is 13.7 Å². The van der Waals surface area contributed by atoms with Crippen molar-refractivity contribution in [3.05, 3.63) is 47.8 Å². The number of hydrogen-bond donors (Lipinski definition) is 0. The first-order valence-electron chi connectivity index (χ1n) is 8.15. The number of rotatable bonds is 1. The molecule has 3 heteroatoms. The number of ether oxygens (including phenoxy) is 2. The van der Waals surface area contributed by atoms with Gasteiger partial charge in [-0.2, -0.15) is 0 Å². The van der Waals surface area contributed by atoms with Crippen LogP contribution in [-0.2, 0) is 14.3 Å². The van der Waals surface area contributed by atoms with Gasteiger partial charge in [0.2, 0.25) is 5.76 Å². The first-order chi connectivity index (χ1) is 10.7. The highest BCUT2D eigenvalue weighted by Crippen LogP contribution is 2.11. The second-order valence-corrected chi connectivity index (χ2v) is 5.43. The van der Waals surface area contributed by atoms with E-state index in [1.807, 2.05) is 19.1 Å². The van der Waals surface area contributed by atoms with Crippen molar-refractivity contribution >= 4 is 5.97 Å². The van der Waals surface area contributed by atoms with Crippen LogP contribution < -0.4 is 0 Å². The van der Waals surface area contributed by atoms with Crippen molar-refractivity contribution in [2.75, 3.05) is 13.7 Å². The zero-order chi connectivity index (χ0) is 16.0. The van der Waals surface area contributed by atoms with Crippen molar-refractivity contribution in [1.82, 2.24) is 0 Å². The number of cyclic esters (lactones) is 1. The van der Waals surface area contributed by atoms with Gasteiger partial charge in [-0.3, -0.25) is 0 Å². The number of hydrogen-bond acceptors (Lipinski definition) is 3. The molecule has 1 aliphatic rings. The summed E-state index contributed by atoms with van der Waals surface area (Å²) in [6.45, 7) is 2.35. The summed E-state index contributed by atoms with van der Waals surface area (Å²) in [5, 5.41) is 0. The van der Waals surface area contributed by atoms with Crippen LogP contribution in [0.2, 0.25) is 0 Å². The SMILES string of the molecule is CO/C1=C\C(C)=C\CCCCCC/C=C/C=C\CCOC1=O. The highest BCUT2D eigenvalue weighted by Gasteiger charge is 2.10. The van der Waals surface area contributed by atoms with Crippen molar-refractivity contribution in [1.29, 1.82) is 0 Å². The molecule has 0 aromatic heterocycles. The van der Waals surface area contributed by atoms with Crippen LogP contribution in [0.25, 0.3) is 0 Å². The van der Waals surface area contributed by atoms with E-state index in [0.717, 1.165) is 18.4 Å². The second kappa shape index (κ2) is 11.8. The van der Waals surface area contributed by atoms with Crippen molar-refractivity contribution in [3.8, 4) is 0 Å². The first-order valence-corrected chi connectivity index (χ1v) is 8.15. The van der Waals surface area contributed by atoms with Gasteiger partial charge in [0, 0.05) is 0 Å². The molecular weight excluding hydrogens is 276 g/mol. The minimum Gasteiger partial charge on any atom is -0.490 e. The lowest BCUT2D eigenvalue weighted by atomic mass is 10.1. The van der Waals surface area contributed by atoms with Crippen LogP contribution >= 0.6 is 0 Å². The summed E-state index contributed by atoms with van der Waals surface area (Å²) in [6.07, 6.45) is 20.0. The van der Waals surface area contributed by atoms with E-state index >= 15 is 0 Å². The van der Waals surface area contributed by atoms with Gasteiger partial charge in [-0.25, -0.2) is 4.79 Å². The van der Waals surface area contributed by atoms with Gasteiger partial charge in [0.25, 0.3) is 0 Å². The van der Waals surface area contributed by atoms with E-state index in [-0.39, 0.29) is 5.76 Å². The Bertz CT molecular complexity index is 442. The molecule has 0 atom stereocenters. The van der Waals surface area contributed by atoms with Gasteiger partial charge in [-0.15, -0.1) is 0 Å². The highest BCUT2D eigenvalue weighted by atomic mass is 16.6. The number of carbonyl (C=O) groups is 1. The lowest BCUT2D eigenvalue weighted by Crippen LogP contribution is -2.10. The Balaban J connectivity index is 2.65. The topological polar surface area (TPSA) is 35.5 Å². The van der Waals surface area contributed by atoms with Gasteiger partial charge in [-0.1, -0.05) is 48.8 Å². The summed E-state index contributed by atoms with van der Waals surface area (Å²) < 4.78 is 10.3. The van der Waals surface area contributed by atoms with Gasteiger partial charge in [-0.05, 0) is 45.1 Å². The van der Waals surface area contributed by atoms with Gasteiger partial charge in [0.1, 0.15) is 0 Å². The molecule has 3 nitrogen and oxygen atoms in total. The Kier molecular flexibility index (Phi) is 9.84. The van der Waals surface area contributed by atoms with E-state index in [2.05, 4.69) is 18.2 Å². The van der Waals surface area contributed by atoms with Crippen LogP contribution in [0.4, 0.5) is 0 Å². The second-order valence-electron chi connectivity index (χ2n) is 5.43. The maximum Gasteiger partial charge on any atom is 0.373 e. The van der Waals surface area contributed by atoms with E-state index in [4.69, 9.17) is 9.47 Å². The smallest absolute Gasteiger partial charge is 0.373 e. The molecular formula is C19H28O3. The Morgan fingerprint density at radius 2 is 1.68 bits per heavy atom. The van der Waals surface area contributed by atoms with Crippen molar-refractivity contribution in [2.45, 2.75) is 51.9 Å². The van der Waals surface area contributed by atoms with E-state index in [1.165, 1.54) is 32.8 Å². The number of esters is 1. The minimum absolute atomic E-state index is 0.263. The average molecular weight is 304 g/mol.